The zero-order chi connectivity index (χ0) is 23.8. The van der Waals surface area contributed by atoms with Crippen LogP contribution in [0.1, 0.15) is 45.6 Å². The molecule has 2 aromatic heterocycles. The van der Waals surface area contributed by atoms with Crippen molar-refractivity contribution in [3.8, 4) is 0 Å². The first-order valence-electron chi connectivity index (χ1n) is 12.1. The number of piperazine rings is 1. The molecule has 0 bridgehead atoms. The summed E-state index contributed by atoms with van der Waals surface area (Å²) < 4.78 is 16.7. The number of halogens is 1. The molecular formula is C25H32FN7O. The second-order valence-corrected chi connectivity index (χ2v) is 9.59. The fourth-order valence-corrected chi connectivity index (χ4v) is 5.15. The Morgan fingerprint density at radius 1 is 1.12 bits per heavy atom. The molecule has 180 valence electrons. The number of hydrogen-bond donors (Lipinski definition) is 2. The van der Waals surface area contributed by atoms with Gasteiger partial charge in [0.05, 0.1) is 11.4 Å². The van der Waals surface area contributed by atoms with E-state index in [-0.39, 0.29) is 23.1 Å². The topological polar surface area (TPSA) is 92.3 Å². The van der Waals surface area contributed by atoms with Gasteiger partial charge in [-0.15, -0.1) is 0 Å². The second-order valence-electron chi connectivity index (χ2n) is 9.59. The average molecular weight is 466 g/mol. The van der Waals surface area contributed by atoms with Crippen LogP contribution in [0.25, 0.3) is 11.0 Å². The third-order valence-electron chi connectivity index (χ3n) is 7.08. The summed E-state index contributed by atoms with van der Waals surface area (Å²) in [6.07, 6.45) is 5.70. The molecule has 2 fully saturated rings. The van der Waals surface area contributed by atoms with Gasteiger partial charge in [-0.1, -0.05) is 12.8 Å². The summed E-state index contributed by atoms with van der Waals surface area (Å²) >= 11 is 0. The monoisotopic (exact) mass is 465 g/mol. The molecule has 0 atom stereocenters. The van der Waals surface area contributed by atoms with Crippen LogP contribution in [0.3, 0.4) is 0 Å². The molecule has 3 N–H and O–H groups in total. The Hall–Kier alpha value is -3.20. The van der Waals surface area contributed by atoms with E-state index in [9.17, 15) is 4.79 Å². The molecule has 0 radical (unpaired) electrons. The van der Waals surface area contributed by atoms with Crippen molar-refractivity contribution in [3.05, 3.63) is 46.6 Å². The maximum Gasteiger partial charge on any atom is 0.275 e. The van der Waals surface area contributed by atoms with Gasteiger partial charge >= 0.3 is 0 Å². The Labute approximate surface area is 198 Å². The van der Waals surface area contributed by atoms with Crippen LogP contribution in [-0.2, 0) is 0 Å². The maximum absolute atomic E-state index is 15.0. The van der Waals surface area contributed by atoms with Crippen LogP contribution >= 0.6 is 0 Å². The number of fused-ring (bicyclic) bond motifs is 1. The maximum atomic E-state index is 15.0. The molecule has 9 heteroatoms. The molecule has 1 aliphatic carbocycles. The van der Waals surface area contributed by atoms with Crippen molar-refractivity contribution in [2.24, 2.45) is 0 Å². The summed E-state index contributed by atoms with van der Waals surface area (Å²) in [6.45, 7) is 7.83. The van der Waals surface area contributed by atoms with Crippen molar-refractivity contribution in [3.63, 3.8) is 0 Å². The van der Waals surface area contributed by atoms with Crippen molar-refractivity contribution in [1.82, 2.24) is 19.4 Å². The molecule has 8 nitrogen and oxygen atoms in total. The SMILES string of the molecule is CC(C)N1CCN(c2ccc(Nc3ncc4cc(N)c(=O)n(C5CCCC5)c4n3)cc2F)CC1. The number of nitrogens with one attached hydrogen (secondary N) is 1. The zero-order valence-corrected chi connectivity index (χ0v) is 19.8. The minimum atomic E-state index is -0.278. The molecule has 1 aliphatic heterocycles. The normalized spacial score (nSPS) is 17.7. The lowest BCUT2D eigenvalue weighted by molar-refractivity contribution is 0.209. The molecule has 34 heavy (non-hydrogen) atoms. The van der Waals surface area contributed by atoms with Crippen molar-refractivity contribution in [1.29, 1.82) is 0 Å². The van der Waals surface area contributed by atoms with Crippen LogP contribution in [0.15, 0.2) is 35.3 Å². The largest absolute Gasteiger partial charge is 0.394 e. The summed E-state index contributed by atoms with van der Waals surface area (Å²) in [7, 11) is 0. The number of aromatic nitrogens is 3. The van der Waals surface area contributed by atoms with E-state index in [1.54, 1.807) is 22.9 Å². The van der Waals surface area contributed by atoms with Gasteiger partial charge in [-0.2, -0.15) is 4.98 Å². The van der Waals surface area contributed by atoms with Gasteiger partial charge in [0.2, 0.25) is 5.95 Å². The second kappa shape index (κ2) is 9.21. The summed E-state index contributed by atoms with van der Waals surface area (Å²) in [6, 6.07) is 7.34. The van der Waals surface area contributed by atoms with Crippen LogP contribution in [-0.4, -0.2) is 51.7 Å². The lowest BCUT2D eigenvalue weighted by atomic mass is 10.2. The molecule has 0 unspecified atom stereocenters. The quantitative estimate of drug-likeness (QED) is 0.590. The first kappa shape index (κ1) is 22.6. The Morgan fingerprint density at radius 2 is 1.85 bits per heavy atom. The molecule has 1 saturated carbocycles. The smallest absolute Gasteiger partial charge is 0.275 e. The summed E-state index contributed by atoms with van der Waals surface area (Å²) in [5.74, 6) is 0.0422. The molecule has 3 heterocycles. The van der Waals surface area contributed by atoms with Gasteiger partial charge < -0.3 is 16.0 Å². The predicted octanol–water partition coefficient (Wildman–Crippen LogP) is 3.90. The van der Waals surface area contributed by atoms with Crippen LogP contribution in [0.5, 0.6) is 0 Å². The van der Waals surface area contributed by atoms with Gasteiger partial charge in [0, 0.05) is 55.5 Å². The van der Waals surface area contributed by atoms with E-state index in [0.29, 0.717) is 29.0 Å². The van der Waals surface area contributed by atoms with Crippen molar-refractivity contribution in [2.75, 3.05) is 42.1 Å². The highest BCUT2D eigenvalue weighted by molar-refractivity contribution is 5.79. The number of nitrogens with two attached hydrogens (primary N) is 1. The highest BCUT2D eigenvalue weighted by Gasteiger charge is 2.23. The third-order valence-corrected chi connectivity index (χ3v) is 7.08. The number of benzene rings is 1. The molecule has 1 aromatic carbocycles. The van der Waals surface area contributed by atoms with E-state index in [1.807, 2.05) is 6.07 Å². The van der Waals surface area contributed by atoms with Crippen LogP contribution in [0.4, 0.5) is 27.4 Å². The molecule has 0 spiro atoms. The van der Waals surface area contributed by atoms with E-state index < -0.39 is 0 Å². The summed E-state index contributed by atoms with van der Waals surface area (Å²) in [5.41, 5.74) is 7.70. The standard InChI is InChI=1S/C25H32FN7O/c1-16(2)31-9-11-32(12-10-31)22-8-7-18(14-20(22)26)29-25-28-15-17-13-21(27)24(34)33(23(17)30-25)19-5-3-4-6-19/h7-8,13-16,19H,3-6,9-12,27H2,1-2H3,(H,28,29,30). The highest BCUT2D eigenvalue weighted by Crippen LogP contribution is 2.31. The Balaban J connectivity index is 1.39. The zero-order valence-electron chi connectivity index (χ0n) is 19.8. The van der Waals surface area contributed by atoms with E-state index in [0.717, 1.165) is 57.2 Å². The predicted molar refractivity (Wildman–Crippen MR) is 134 cm³/mol. The van der Waals surface area contributed by atoms with Crippen molar-refractivity contribution < 1.29 is 4.39 Å². The minimum absolute atomic E-state index is 0.0918. The van der Waals surface area contributed by atoms with Crippen LogP contribution in [0.2, 0.25) is 0 Å². The van der Waals surface area contributed by atoms with E-state index in [4.69, 9.17) is 5.73 Å². The molecule has 3 aromatic rings. The lowest BCUT2D eigenvalue weighted by Crippen LogP contribution is -2.49. The number of anilines is 4. The molecule has 0 amide bonds. The van der Waals surface area contributed by atoms with E-state index in [2.05, 4.69) is 38.9 Å². The van der Waals surface area contributed by atoms with Gasteiger partial charge in [0.25, 0.3) is 5.56 Å². The summed E-state index contributed by atoms with van der Waals surface area (Å²) in [5, 5.41) is 3.82. The van der Waals surface area contributed by atoms with Crippen LogP contribution < -0.4 is 21.5 Å². The van der Waals surface area contributed by atoms with Gasteiger partial charge in [-0.3, -0.25) is 14.3 Å². The van der Waals surface area contributed by atoms with Gasteiger partial charge in [-0.05, 0) is 51.0 Å². The molecule has 5 rings (SSSR count). The Bertz CT molecular complexity index is 1240. The average Bonchev–Trinajstić information content (AvgIpc) is 3.35. The highest BCUT2D eigenvalue weighted by atomic mass is 19.1. The Morgan fingerprint density at radius 3 is 2.53 bits per heavy atom. The van der Waals surface area contributed by atoms with Crippen molar-refractivity contribution in [2.45, 2.75) is 51.6 Å². The number of nitrogen functional groups attached to an aromatic ring is 1. The molecule has 2 aliphatic rings. The van der Waals surface area contributed by atoms with Crippen LogP contribution in [0, 0.1) is 5.82 Å². The number of hydrogen-bond acceptors (Lipinski definition) is 7. The first-order valence-corrected chi connectivity index (χ1v) is 12.1. The first-order chi connectivity index (χ1) is 16.4. The van der Waals surface area contributed by atoms with E-state index in [1.165, 1.54) is 6.07 Å². The van der Waals surface area contributed by atoms with Crippen molar-refractivity contribution >= 4 is 34.0 Å². The minimum Gasteiger partial charge on any atom is -0.394 e. The van der Waals surface area contributed by atoms with E-state index >= 15 is 4.39 Å². The van der Waals surface area contributed by atoms with Gasteiger partial charge in [0.1, 0.15) is 11.5 Å². The van der Waals surface area contributed by atoms with Gasteiger partial charge in [0.15, 0.2) is 0 Å². The fourth-order valence-electron chi connectivity index (χ4n) is 5.15. The van der Waals surface area contributed by atoms with Gasteiger partial charge in [-0.25, -0.2) is 9.37 Å². The summed E-state index contributed by atoms with van der Waals surface area (Å²) in [4.78, 5) is 26.3. The third kappa shape index (κ3) is 4.32. The molecular weight excluding hydrogens is 433 g/mol. The number of pyridine rings is 1. The Kier molecular flexibility index (Phi) is 6.12. The lowest BCUT2D eigenvalue weighted by Gasteiger charge is -2.38. The number of rotatable bonds is 5. The molecule has 1 saturated heterocycles. The fraction of sp³-hybridized carbons (Fsp3) is 0.480. The number of nitrogens with zero attached hydrogens (tertiary/aromatic N) is 5.